The first-order valence-corrected chi connectivity index (χ1v) is 11.7. The van der Waals surface area contributed by atoms with Gasteiger partial charge in [0.25, 0.3) is 0 Å². The number of methoxy groups -OCH3 is 2. The Kier molecular flexibility index (Phi) is 7.24. The number of esters is 2. The molecule has 0 amide bonds. The molecule has 12 nitrogen and oxygen atoms in total. The SMILES string of the molecule is COC(=O)c1c(O)c2ccc(O[C@@H]3OC(C)(C)[C@@H](OC)[C@@H](OC(=O)c4ccc(C)[nH]4)[C@H]3O)c(C)c2oc1=O. The summed E-state index contributed by atoms with van der Waals surface area (Å²) in [6.45, 7) is 6.74. The number of aromatic hydroxyl groups is 1. The normalized spacial score (nSPS) is 22.7. The maximum atomic E-state index is 12.8. The molecule has 0 spiro atoms. The molecule has 1 fully saturated rings. The lowest BCUT2D eigenvalue weighted by molar-refractivity contribution is -0.305. The molecular weight excluding hydrogens is 502 g/mol. The van der Waals surface area contributed by atoms with Crippen molar-refractivity contribution in [1.82, 2.24) is 4.98 Å². The number of carbonyl (C=O) groups is 2. The number of nitrogens with one attached hydrogen (secondary N) is 1. The highest BCUT2D eigenvalue weighted by atomic mass is 16.7. The second-order valence-corrected chi connectivity index (χ2v) is 9.45. The summed E-state index contributed by atoms with van der Waals surface area (Å²) in [5.74, 6) is -2.19. The van der Waals surface area contributed by atoms with Crippen molar-refractivity contribution in [3.63, 3.8) is 0 Å². The first-order chi connectivity index (χ1) is 17.9. The minimum Gasteiger partial charge on any atom is -0.506 e. The number of aromatic nitrogens is 1. The summed E-state index contributed by atoms with van der Waals surface area (Å²) in [7, 11) is 2.48. The number of benzene rings is 1. The third-order valence-corrected chi connectivity index (χ3v) is 6.45. The minimum atomic E-state index is -1.48. The molecule has 0 aliphatic carbocycles. The molecule has 12 heteroatoms. The molecule has 3 heterocycles. The van der Waals surface area contributed by atoms with Crippen molar-refractivity contribution in [3.8, 4) is 11.5 Å². The zero-order valence-corrected chi connectivity index (χ0v) is 21.7. The van der Waals surface area contributed by atoms with E-state index in [1.807, 2.05) is 0 Å². The molecule has 1 aliphatic rings. The Morgan fingerprint density at radius 3 is 2.39 bits per heavy atom. The molecule has 204 valence electrons. The van der Waals surface area contributed by atoms with Crippen molar-refractivity contribution < 1.29 is 47.9 Å². The number of H-pyrrole nitrogens is 1. The summed E-state index contributed by atoms with van der Waals surface area (Å²) in [6, 6.07) is 6.11. The van der Waals surface area contributed by atoms with Crippen molar-refractivity contribution in [1.29, 1.82) is 0 Å². The maximum absolute atomic E-state index is 12.8. The van der Waals surface area contributed by atoms with Crippen molar-refractivity contribution in [3.05, 3.63) is 57.2 Å². The molecule has 1 aliphatic heterocycles. The zero-order chi connectivity index (χ0) is 27.9. The molecular formula is C26H29NO11. The molecule has 3 N–H and O–H groups in total. The van der Waals surface area contributed by atoms with E-state index in [2.05, 4.69) is 9.72 Å². The molecule has 4 rings (SSSR count). The lowest BCUT2D eigenvalue weighted by Gasteiger charge is -2.47. The van der Waals surface area contributed by atoms with E-state index in [0.717, 1.165) is 12.8 Å². The van der Waals surface area contributed by atoms with Crippen molar-refractivity contribution in [2.24, 2.45) is 0 Å². The van der Waals surface area contributed by atoms with Crippen LogP contribution in [-0.4, -0.2) is 71.6 Å². The summed E-state index contributed by atoms with van der Waals surface area (Å²) in [5.41, 5.74) is -1.58. The lowest BCUT2D eigenvalue weighted by atomic mass is 9.89. The Morgan fingerprint density at radius 1 is 1.08 bits per heavy atom. The van der Waals surface area contributed by atoms with Crippen molar-refractivity contribution >= 4 is 22.9 Å². The predicted octanol–water partition coefficient (Wildman–Crippen LogP) is 2.35. The smallest absolute Gasteiger partial charge is 0.355 e. The second-order valence-electron chi connectivity index (χ2n) is 9.45. The Hall–Kier alpha value is -3.87. The van der Waals surface area contributed by atoms with Crippen LogP contribution in [0.15, 0.2) is 33.5 Å². The van der Waals surface area contributed by atoms with E-state index in [1.165, 1.54) is 19.2 Å². The van der Waals surface area contributed by atoms with Crippen LogP contribution < -0.4 is 10.4 Å². The Labute approximate surface area is 217 Å². The summed E-state index contributed by atoms with van der Waals surface area (Å²) in [4.78, 5) is 39.9. The third kappa shape index (κ3) is 4.73. The van der Waals surface area contributed by atoms with Crippen LogP contribution in [0.3, 0.4) is 0 Å². The van der Waals surface area contributed by atoms with Crippen LogP contribution in [0.5, 0.6) is 11.5 Å². The van der Waals surface area contributed by atoms with Gasteiger partial charge in [0, 0.05) is 18.4 Å². The largest absolute Gasteiger partial charge is 0.506 e. The Morgan fingerprint density at radius 2 is 1.79 bits per heavy atom. The number of rotatable bonds is 6. The van der Waals surface area contributed by atoms with Gasteiger partial charge in [-0.2, -0.15) is 0 Å². The molecule has 0 radical (unpaired) electrons. The number of ether oxygens (including phenoxy) is 5. The number of aryl methyl sites for hydroxylation is 2. The van der Waals surface area contributed by atoms with Gasteiger partial charge in [0.15, 0.2) is 17.8 Å². The fourth-order valence-electron chi connectivity index (χ4n) is 4.52. The molecule has 3 aromatic rings. The standard InChI is InChI=1S/C26H29NO11/c1-11-7-9-14(27-11)22(30)37-20-18(29)25(38-26(3,4)21(20)33-5)35-15-10-8-13-17(28)16(23(31)34-6)24(32)36-19(13)12(15)2/h7-10,18,20-21,25,27-29H,1-6H3/t18-,20+,21+,25-/m1/s1. The summed E-state index contributed by atoms with van der Waals surface area (Å²) in [5, 5.41) is 21.8. The zero-order valence-electron chi connectivity index (χ0n) is 21.7. The van der Waals surface area contributed by atoms with Crippen LogP contribution in [0.25, 0.3) is 11.0 Å². The molecule has 0 unspecified atom stereocenters. The van der Waals surface area contributed by atoms with E-state index in [4.69, 9.17) is 23.4 Å². The number of fused-ring (bicyclic) bond motifs is 1. The quantitative estimate of drug-likeness (QED) is 0.315. The van der Waals surface area contributed by atoms with Crippen LogP contribution in [-0.2, 0) is 18.9 Å². The van der Waals surface area contributed by atoms with Gasteiger partial charge in [0.1, 0.15) is 28.9 Å². The number of aromatic amines is 1. The van der Waals surface area contributed by atoms with Crippen molar-refractivity contribution in [2.45, 2.75) is 57.9 Å². The minimum absolute atomic E-state index is 0.0397. The van der Waals surface area contributed by atoms with E-state index in [9.17, 15) is 24.6 Å². The monoisotopic (exact) mass is 531 g/mol. The highest BCUT2D eigenvalue weighted by molar-refractivity contribution is 5.99. The average molecular weight is 532 g/mol. The molecule has 1 saturated heterocycles. The average Bonchev–Trinajstić information content (AvgIpc) is 3.30. The Bertz CT molecular complexity index is 1440. The van der Waals surface area contributed by atoms with Gasteiger partial charge in [-0.15, -0.1) is 0 Å². The molecule has 1 aromatic carbocycles. The fourth-order valence-corrected chi connectivity index (χ4v) is 4.52. The summed E-state index contributed by atoms with van der Waals surface area (Å²) < 4.78 is 33.0. The fraction of sp³-hybridized carbons (Fsp3) is 0.423. The van der Waals surface area contributed by atoms with Gasteiger partial charge >= 0.3 is 17.6 Å². The first kappa shape index (κ1) is 27.2. The van der Waals surface area contributed by atoms with Gasteiger partial charge in [-0.25, -0.2) is 14.4 Å². The molecule has 38 heavy (non-hydrogen) atoms. The van der Waals surface area contributed by atoms with Crippen LogP contribution in [0.2, 0.25) is 0 Å². The molecule has 4 atom stereocenters. The topological polar surface area (TPSA) is 167 Å². The van der Waals surface area contributed by atoms with Crippen LogP contribution in [0.1, 0.15) is 46.0 Å². The summed E-state index contributed by atoms with van der Waals surface area (Å²) in [6.07, 6.45) is -4.83. The molecule has 0 saturated carbocycles. The van der Waals surface area contributed by atoms with Crippen LogP contribution in [0.4, 0.5) is 0 Å². The van der Waals surface area contributed by atoms with Crippen LogP contribution >= 0.6 is 0 Å². The number of hydrogen-bond acceptors (Lipinski definition) is 11. The third-order valence-electron chi connectivity index (χ3n) is 6.45. The van der Waals surface area contributed by atoms with Gasteiger partial charge in [0.2, 0.25) is 6.29 Å². The van der Waals surface area contributed by atoms with E-state index in [-0.39, 0.29) is 28.0 Å². The maximum Gasteiger partial charge on any atom is 0.355 e. The van der Waals surface area contributed by atoms with E-state index in [1.54, 1.807) is 39.8 Å². The van der Waals surface area contributed by atoms with Gasteiger partial charge < -0.3 is 43.3 Å². The second kappa shape index (κ2) is 10.1. The highest BCUT2D eigenvalue weighted by Gasteiger charge is 2.53. The van der Waals surface area contributed by atoms with E-state index < -0.39 is 59.1 Å². The lowest BCUT2D eigenvalue weighted by Crippen LogP contribution is -2.65. The number of aliphatic hydroxyl groups excluding tert-OH is 1. The number of aliphatic hydroxyl groups is 1. The van der Waals surface area contributed by atoms with Gasteiger partial charge in [-0.3, -0.25) is 0 Å². The van der Waals surface area contributed by atoms with Gasteiger partial charge in [-0.1, -0.05) is 0 Å². The number of carbonyl (C=O) groups excluding carboxylic acids is 2. The van der Waals surface area contributed by atoms with Crippen LogP contribution in [0, 0.1) is 13.8 Å². The van der Waals surface area contributed by atoms with E-state index in [0.29, 0.717) is 0 Å². The number of hydrogen-bond donors (Lipinski definition) is 3. The highest BCUT2D eigenvalue weighted by Crippen LogP contribution is 2.38. The van der Waals surface area contributed by atoms with Crippen molar-refractivity contribution in [2.75, 3.05) is 14.2 Å². The summed E-state index contributed by atoms with van der Waals surface area (Å²) >= 11 is 0. The van der Waals surface area contributed by atoms with E-state index >= 15 is 0 Å². The predicted molar refractivity (Wildman–Crippen MR) is 131 cm³/mol. The first-order valence-electron chi connectivity index (χ1n) is 11.7. The molecule has 2 aromatic heterocycles. The molecule has 0 bridgehead atoms. The van der Waals surface area contributed by atoms with Gasteiger partial charge in [-0.05, 0) is 52.0 Å². The van der Waals surface area contributed by atoms with Gasteiger partial charge in [0.05, 0.1) is 18.1 Å². The Balaban J connectivity index is 1.67.